The lowest BCUT2D eigenvalue weighted by Gasteiger charge is -2.33. The van der Waals surface area contributed by atoms with Gasteiger partial charge in [0.2, 0.25) is 5.91 Å². The van der Waals surface area contributed by atoms with E-state index in [1.165, 1.54) is 12.0 Å². The lowest BCUT2D eigenvalue weighted by molar-refractivity contribution is -0.124. The Morgan fingerprint density at radius 1 is 1.12 bits per heavy atom. The maximum absolute atomic E-state index is 12.3. The molecule has 2 saturated heterocycles. The van der Waals surface area contributed by atoms with Crippen molar-refractivity contribution in [3.63, 3.8) is 0 Å². The number of likely N-dealkylation sites (tertiary alicyclic amines) is 1. The minimum absolute atomic E-state index is 0. The molecule has 1 aromatic carbocycles. The maximum Gasteiger partial charge on any atom is 0.237 e. The van der Waals surface area contributed by atoms with Gasteiger partial charge in [0.1, 0.15) is 0 Å². The van der Waals surface area contributed by atoms with Crippen LogP contribution in [0.2, 0.25) is 10.0 Å². The summed E-state index contributed by atoms with van der Waals surface area (Å²) in [5, 5.41) is 7.74. The fraction of sp³-hybridized carbons (Fsp3) is 0.611. The van der Waals surface area contributed by atoms with Gasteiger partial charge in [0.25, 0.3) is 0 Å². The summed E-state index contributed by atoms with van der Waals surface area (Å²) in [7, 11) is 0. The van der Waals surface area contributed by atoms with Crippen LogP contribution in [0.5, 0.6) is 0 Å². The van der Waals surface area contributed by atoms with Gasteiger partial charge in [-0.15, -0.1) is 24.8 Å². The van der Waals surface area contributed by atoms with Gasteiger partial charge < -0.3 is 10.6 Å². The van der Waals surface area contributed by atoms with Crippen LogP contribution in [0.4, 0.5) is 0 Å². The van der Waals surface area contributed by atoms with Crippen LogP contribution in [0.15, 0.2) is 18.2 Å². The number of halogens is 4. The van der Waals surface area contributed by atoms with Crippen molar-refractivity contribution in [1.82, 2.24) is 15.5 Å². The van der Waals surface area contributed by atoms with E-state index in [4.69, 9.17) is 23.2 Å². The summed E-state index contributed by atoms with van der Waals surface area (Å²) in [6.45, 7) is 3.81. The summed E-state index contributed by atoms with van der Waals surface area (Å²) < 4.78 is 0. The van der Waals surface area contributed by atoms with Gasteiger partial charge in [0.15, 0.2) is 0 Å². The molecular formula is C18H27Cl4N3O. The van der Waals surface area contributed by atoms with E-state index >= 15 is 0 Å². The highest BCUT2D eigenvalue weighted by Gasteiger charge is 2.25. The van der Waals surface area contributed by atoms with E-state index in [1.807, 2.05) is 18.2 Å². The fourth-order valence-corrected chi connectivity index (χ4v) is 3.83. The lowest BCUT2D eigenvalue weighted by atomic mass is 10.0. The summed E-state index contributed by atoms with van der Waals surface area (Å²) in [6.07, 6.45) is 5.28. The Hall–Kier alpha value is -0.230. The summed E-state index contributed by atoms with van der Waals surface area (Å²) in [4.78, 5) is 14.7. The Labute approximate surface area is 178 Å². The van der Waals surface area contributed by atoms with Crippen LogP contribution in [-0.4, -0.2) is 42.5 Å². The number of hydrogen-bond acceptors (Lipinski definition) is 3. The van der Waals surface area contributed by atoms with Crippen molar-refractivity contribution < 1.29 is 4.79 Å². The van der Waals surface area contributed by atoms with Crippen molar-refractivity contribution >= 4 is 53.9 Å². The molecule has 1 aromatic rings. The highest BCUT2D eigenvalue weighted by Crippen LogP contribution is 2.24. The van der Waals surface area contributed by atoms with Crippen molar-refractivity contribution in [1.29, 1.82) is 0 Å². The van der Waals surface area contributed by atoms with E-state index in [0.29, 0.717) is 16.1 Å². The molecule has 148 valence electrons. The number of amides is 1. The molecule has 0 aliphatic carbocycles. The largest absolute Gasteiger partial charge is 0.352 e. The zero-order valence-electron chi connectivity index (χ0n) is 14.7. The van der Waals surface area contributed by atoms with Gasteiger partial charge in [0, 0.05) is 25.7 Å². The summed E-state index contributed by atoms with van der Waals surface area (Å²) >= 11 is 12.0. The van der Waals surface area contributed by atoms with Crippen LogP contribution >= 0.6 is 48.0 Å². The number of carbonyl (C=O) groups excluding carboxylic acids is 1. The molecule has 2 aliphatic heterocycles. The molecule has 2 N–H and O–H groups in total. The first-order valence-corrected chi connectivity index (χ1v) is 9.57. The van der Waals surface area contributed by atoms with Crippen LogP contribution in [0.25, 0.3) is 0 Å². The third-order valence-electron chi connectivity index (χ3n) is 4.95. The molecule has 0 saturated carbocycles. The quantitative estimate of drug-likeness (QED) is 0.738. The van der Waals surface area contributed by atoms with Crippen LogP contribution in [0.1, 0.15) is 37.7 Å². The Kier molecular flexibility index (Phi) is 10.6. The molecule has 4 nitrogen and oxygen atoms in total. The zero-order valence-corrected chi connectivity index (χ0v) is 17.8. The molecule has 2 fully saturated rings. The third-order valence-corrected chi connectivity index (χ3v) is 5.69. The smallest absolute Gasteiger partial charge is 0.237 e. The second-order valence-corrected chi connectivity index (χ2v) is 7.62. The van der Waals surface area contributed by atoms with E-state index in [-0.39, 0.29) is 36.8 Å². The summed E-state index contributed by atoms with van der Waals surface area (Å²) in [6, 6.07) is 6.12. The Balaban J connectivity index is 0.00000169. The topological polar surface area (TPSA) is 44.4 Å². The van der Waals surface area contributed by atoms with Gasteiger partial charge in [-0.3, -0.25) is 9.69 Å². The highest BCUT2D eigenvalue weighted by molar-refractivity contribution is 6.42. The number of carbonyl (C=O) groups is 1. The van der Waals surface area contributed by atoms with E-state index < -0.39 is 0 Å². The maximum atomic E-state index is 12.3. The zero-order chi connectivity index (χ0) is 16.9. The normalized spacial score (nSPS) is 21.4. The van der Waals surface area contributed by atoms with Crippen molar-refractivity contribution in [2.24, 2.45) is 0 Å². The molecule has 26 heavy (non-hydrogen) atoms. The lowest BCUT2D eigenvalue weighted by Crippen LogP contribution is -2.52. The average molecular weight is 443 g/mol. The highest BCUT2D eigenvalue weighted by atomic mass is 35.5. The number of nitrogens with one attached hydrogen (secondary N) is 2. The molecule has 0 bridgehead atoms. The molecular weight excluding hydrogens is 416 g/mol. The van der Waals surface area contributed by atoms with Crippen molar-refractivity contribution in [2.75, 3.05) is 19.6 Å². The Morgan fingerprint density at radius 3 is 2.46 bits per heavy atom. The standard InChI is InChI=1S/C18H25Cl2N3O.2ClH/c19-15-5-4-13(11-16(15)20)12-23-9-6-14(7-10-23)22-18(24)17-3-1-2-8-21-17;;/h4-5,11,14,17,21H,1-3,6-10,12H2,(H,22,24);2*1H/t17-;;/m1../s1. The second kappa shape index (κ2) is 11.6. The summed E-state index contributed by atoms with van der Waals surface area (Å²) in [5.74, 6) is 0.178. The molecule has 2 heterocycles. The predicted octanol–water partition coefficient (Wildman–Crippen LogP) is 4.06. The first-order chi connectivity index (χ1) is 11.6. The molecule has 0 unspecified atom stereocenters. The van der Waals surface area contributed by atoms with Crippen molar-refractivity contribution in [3.05, 3.63) is 33.8 Å². The van der Waals surface area contributed by atoms with Gasteiger partial charge in [-0.05, 0) is 49.9 Å². The average Bonchev–Trinajstić information content (AvgIpc) is 2.61. The van der Waals surface area contributed by atoms with Crippen LogP contribution in [0.3, 0.4) is 0 Å². The first kappa shape index (κ1) is 23.8. The molecule has 0 spiro atoms. The number of benzene rings is 1. The van der Waals surface area contributed by atoms with Gasteiger partial charge in [-0.1, -0.05) is 35.7 Å². The Bertz CT molecular complexity index is 574. The van der Waals surface area contributed by atoms with Crippen LogP contribution in [-0.2, 0) is 11.3 Å². The van der Waals surface area contributed by atoms with E-state index in [1.54, 1.807) is 0 Å². The van der Waals surface area contributed by atoms with E-state index in [9.17, 15) is 4.79 Å². The van der Waals surface area contributed by atoms with Crippen molar-refractivity contribution in [2.45, 2.75) is 50.7 Å². The molecule has 0 radical (unpaired) electrons. The third kappa shape index (κ3) is 6.74. The predicted molar refractivity (Wildman–Crippen MR) is 113 cm³/mol. The number of rotatable bonds is 4. The molecule has 8 heteroatoms. The van der Waals surface area contributed by atoms with Gasteiger partial charge >= 0.3 is 0 Å². The van der Waals surface area contributed by atoms with Crippen molar-refractivity contribution in [3.8, 4) is 0 Å². The minimum Gasteiger partial charge on any atom is -0.352 e. The van der Waals surface area contributed by atoms with Gasteiger partial charge in [0.05, 0.1) is 16.1 Å². The number of hydrogen-bond donors (Lipinski definition) is 2. The number of piperidine rings is 2. The fourth-order valence-electron chi connectivity index (χ4n) is 3.51. The number of nitrogens with zero attached hydrogens (tertiary/aromatic N) is 1. The monoisotopic (exact) mass is 441 g/mol. The molecule has 1 atom stereocenters. The van der Waals surface area contributed by atoms with Gasteiger partial charge in [-0.2, -0.15) is 0 Å². The molecule has 2 aliphatic rings. The first-order valence-electron chi connectivity index (χ1n) is 8.82. The molecule has 1 amide bonds. The second-order valence-electron chi connectivity index (χ2n) is 6.81. The Morgan fingerprint density at radius 2 is 1.85 bits per heavy atom. The molecule has 3 rings (SSSR count). The van der Waals surface area contributed by atoms with Crippen LogP contribution < -0.4 is 10.6 Å². The molecule has 0 aromatic heterocycles. The van der Waals surface area contributed by atoms with E-state index in [2.05, 4.69) is 15.5 Å². The van der Waals surface area contributed by atoms with E-state index in [0.717, 1.165) is 51.9 Å². The summed E-state index contributed by atoms with van der Waals surface area (Å²) in [5.41, 5.74) is 1.18. The van der Waals surface area contributed by atoms with Gasteiger partial charge in [-0.25, -0.2) is 0 Å². The SMILES string of the molecule is Cl.Cl.O=C(NC1CCN(Cc2ccc(Cl)c(Cl)c2)CC1)[C@H]1CCCCN1. The van der Waals surface area contributed by atoms with Crippen LogP contribution in [0, 0.1) is 0 Å². The minimum atomic E-state index is 0.